The van der Waals surface area contributed by atoms with Gasteiger partial charge in [0.2, 0.25) is 11.7 Å². The molecule has 0 spiro atoms. The van der Waals surface area contributed by atoms with Crippen LogP contribution in [0.3, 0.4) is 0 Å². The number of carbonyl (C=O) groups is 4. The van der Waals surface area contributed by atoms with Gasteiger partial charge in [0.1, 0.15) is 32.5 Å². The van der Waals surface area contributed by atoms with Gasteiger partial charge in [0.15, 0.2) is 0 Å². The minimum Gasteiger partial charge on any atom is -0.467 e. The van der Waals surface area contributed by atoms with Crippen molar-refractivity contribution in [2.75, 3.05) is 49.9 Å². The van der Waals surface area contributed by atoms with Crippen LogP contribution in [-0.4, -0.2) is 90.0 Å². The van der Waals surface area contributed by atoms with Gasteiger partial charge in [-0.15, -0.1) is 30.3 Å². The molecule has 20 heteroatoms. The third kappa shape index (κ3) is 11.3. The highest BCUT2D eigenvalue weighted by molar-refractivity contribution is 8.00. The summed E-state index contributed by atoms with van der Waals surface area (Å²) in [5, 5.41) is 27.9. The van der Waals surface area contributed by atoms with Gasteiger partial charge in [-0.1, -0.05) is 18.2 Å². The predicted molar refractivity (Wildman–Crippen MR) is 130 cm³/mol. The molecule has 0 N–H and O–H groups in total. The van der Waals surface area contributed by atoms with Gasteiger partial charge in [0, 0.05) is 18.4 Å². The van der Waals surface area contributed by atoms with E-state index >= 15 is 0 Å². The molecule has 0 bridgehead atoms. The first-order valence-corrected chi connectivity index (χ1v) is 12.0. The molecule has 1 rings (SSSR count). The van der Waals surface area contributed by atoms with Crippen LogP contribution < -0.4 is 4.90 Å². The van der Waals surface area contributed by atoms with Gasteiger partial charge in [0.05, 0.1) is 18.3 Å². The van der Waals surface area contributed by atoms with Crippen molar-refractivity contribution >= 4 is 41.1 Å². The van der Waals surface area contributed by atoms with Crippen LogP contribution in [0.1, 0.15) is 6.92 Å². The summed E-state index contributed by atoms with van der Waals surface area (Å²) < 4.78 is 9.54. The van der Waals surface area contributed by atoms with E-state index in [1.165, 1.54) is 6.92 Å². The van der Waals surface area contributed by atoms with Gasteiger partial charge in [-0.25, -0.2) is 9.59 Å². The Labute approximate surface area is 228 Å². The summed E-state index contributed by atoms with van der Waals surface area (Å²) in [6.07, 6.45) is 0. The van der Waals surface area contributed by atoms with Crippen LogP contribution in [-0.2, 0) is 43.2 Å². The molecule has 1 aromatic carbocycles. The van der Waals surface area contributed by atoms with E-state index in [0.29, 0.717) is 5.69 Å². The van der Waals surface area contributed by atoms with Crippen molar-refractivity contribution in [2.24, 2.45) is 5.41 Å². The van der Waals surface area contributed by atoms with Crippen LogP contribution in [0.5, 0.6) is 0 Å². The third-order valence-electron chi connectivity index (χ3n) is 4.83. The summed E-state index contributed by atoms with van der Waals surface area (Å²) in [4.78, 5) is 94.6. The second-order valence-corrected chi connectivity index (χ2v) is 8.80. The lowest BCUT2D eigenvalue weighted by molar-refractivity contribution is -0.782. The number of hydrogen-bond donors (Lipinski definition) is 0. The van der Waals surface area contributed by atoms with Crippen LogP contribution in [0.25, 0.3) is 0 Å². The Morgan fingerprint density at radius 1 is 0.900 bits per heavy atom. The number of esters is 2. The predicted octanol–water partition coefficient (Wildman–Crippen LogP) is 0.0379. The first-order chi connectivity index (χ1) is 18.8. The molecule has 19 nitrogen and oxygen atoms in total. The van der Waals surface area contributed by atoms with Crippen molar-refractivity contribution in [3.63, 3.8) is 0 Å². The number of Topliss-reactive ketones (excluding diaryl/α,β-unsaturated/α-hetero) is 1. The van der Waals surface area contributed by atoms with Crippen LogP contribution in [0, 0.1) is 35.8 Å². The maximum atomic E-state index is 12.4. The molecule has 0 unspecified atom stereocenters. The number of thioether (sulfide) groups is 1. The van der Waals surface area contributed by atoms with E-state index in [4.69, 9.17) is 9.47 Å². The molecule has 0 saturated heterocycles. The number of carbonyl (C=O) groups excluding carboxylic acids is 4. The molecule has 0 aliphatic heterocycles. The summed E-state index contributed by atoms with van der Waals surface area (Å²) in [5.74, 6) is -4.74. The molecular weight excluding hydrogens is 568 g/mol. The summed E-state index contributed by atoms with van der Waals surface area (Å²) in [6, 6.07) is 6.94. The molecule has 1 atom stereocenters. The smallest absolute Gasteiger partial charge is 0.375 e. The molecule has 0 aliphatic carbocycles. The highest BCUT2D eigenvalue weighted by Crippen LogP contribution is 2.23. The minimum absolute atomic E-state index is 0.186. The molecule has 0 saturated carbocycles. The van der Waals surface area contributed by atoms with Crippen LogP contribution in [0.15, 0.2) is 30.3 Å². The number of para-hydroxylation sites is 1. The van der Waals surface area contributed by atoms with Gasteiger partial charge in [0.25, 0.3) is 15.3 Å². The van der Waals surface area contributed by atoms with Crippen molar-refractivity contribution < 1.29 is 58.4 Å². The number of hydrogen-bond acceptors (Lipinski definition) is 16. The van der Waals surface area contributed by atoms with Gasteiger partial charge >= 0.3 is 11.9 Å². The molecule has 0 heterocycles. The Bertz CT molecular complexity index is 1040. The van der Waals surface area contributed by atoms with E-state index in [9.17, 15) is 49.5 Å². The number of benzene rings is 1. The number of anilines is 1. The third-order valence-corrected chi connectivity index (χ3v) is 5.85. The fraction of sp³-hybridized carbons (Fsp3) is 0.500. The molecular formula is C20H24N4O15S. The van der Waals surface area contributed by atoms with Crippen molar-refractivity contribution in [1.29, 1.82) is 0 Å². The van der Waals surface area contributed by atoms with Crippen molar-refractivity contribution in [3.8, 4) is 0 Å². The van der Waals surface area contributed by atoms with E-state index in [1.54, 1.807) is 30.3 Å². The van der Waals surface area contributed by atoms with Crippen molar-refractivity contribution in [2.45, 2.75) is 13.0 Å². The van der Waals surface area contributed by atoms with Crippen molar-refractivity contribution in [3.05, 3.63) is 60.7 Å². The fourth-order valence-corrected chi connectivity index (χ4v) is 3.92. The maximum absolute atomic E-state index is 12.4. The number of rotatable bonds is 19. The maximum Gasteiger partial charge on any atom is 0.375 e. The normalized spacial score (nSPS) is 11.3. The lowest BCUT2D eigenvalue weighted by Gasteiger charge is -2.29. The Balaban J connectivity index is 2.92. The number of amides is 1. The van der Waals surface area contributed by atoms with Crippen LogP contribution in [0.2, 0.25) is 0 Å². The SMILES string of the molecule is COC(=O)[C@H](CSCC(=O)C(=O)OCC(CO[N+](=O)[O-])(CO[N+](=O)[O-])CO[N+](=O)[O-])N(C(C)=O)c1ccccc1. The molecule has 0 radical (unpaired) electrons. The van der Waals surface area contributed by atoms with E-state index in [-0.39, 0.29) is 5.75 Å². The zero-order chi connectivity index (χ0) is 30.3. The lowest BCUT2D eigenvalue weighted by atomic mass is 9.92. The molecule has 220 valence electrons. The second kappa shape index (κ2) is 16.3. The summed E-state index contributed by atoms with van der Waals surface area (Å²) >= 11 is 0.771. The number of nitrogens with zero attached hydrogens (tertiary/aromatic N) is 4. The first-order valence-electron chi connectivity index (χ1n) is 10.8. The van der Waals surface area contributed by atoms with E-state index in [1.807, 2.05) is 0 Å². The van der Waals surface area contributed by atoms with Crippen LogP contribution >= 0.6 is 11.8 Å². The first kappa shape index (κ1) is 33.3. The summed E-state index contributed by atoms with van der Waals surface area (Å²) in [6.45, 7) is -3.12. The number of ketones is 1. The van der Waals surface area contributed by atoms with Gasteiger partial charge in [-0.05, 0) is 12.1 Å². The quantitative estimate of drug-likeness (QED) is 0.0889. The molecule has 0 fully saturated rings. The Morgan fingerprint density at radius 3 is 1.82 bits per heavy atom. The molecule has 1 amide bonds. The van der Waals surface area contributed by atoms with Gasteiger partial charge in [-0.2, -0.15) is 11.8 Å². The lowest BCUT2D eigenvalue weighted by Crippen LogP contribution is -2.47. The topological polar surface area (TPSA) is 247 Å². The summed E-state index contributed by atoms with van der Waals surface area (Å²) in [5.41, 5.74) is -1.76. The zero-order valence-corrected chi connectivity index (χ0v) is 21.8. The van der Waals surface area contributed by atoms with Gasteiger partial charge < -0.3 is 24.0 Å². The van der Waals surface area contributed by atoms with Crippen molar-refractivity contribution in [1.82, 2.24) is 0 Å². The Kier molecular flexibility index (Phi) is 13.5. The monoisotopic (exact) mass is 592 g/mol. The van der Waals surface area contributed by atoms with E-state index in [2.05, 4.69) is 14.5 Å². The molecule has 1 aromatic rings. The molecule has 0 aromatic heterocycles. The average molecular weight is 592 g/mol. The number of ether oxygens (including phenoxy) is 2. The zero-order valence-electron chi connectivity index (χ0n) is 21.0. The van der Waals surface area contributed by atoms with E-state index in [0.717, 1.165) is 23.8 Å². The standard InChI is InChI=1S/C20H24N4O15S/c1-14(25)21(15-6-4-3-5-7-15)16(18(27)35-2)8-40-9-17(26)19(28)36-10-20(11-37-22(29)30,12-38-23(31)32)13-39-24(33)34/h3-7,16H,8-13H2,1-2H3/t16-/m0/s1. The van der Waals surface area contributed by atoms with Gasteiger partial charge in [-0.3, -0.25) is 14.5 Å². The minimum atomic E-state index is -2.13. The highest BCUT2D eigenvalue weighted by Gasteiger charge is 2.38. The second-order valence-electron chi connectivity index (χ2n) is 7.77. The Morgan fingerprint density at radius 2 is 1.40 bits per heavy atom. The largest absolute Gasteiger partial charge is 0.467 e. The van der Waals surface area contributed by atoms with E-state index < -0.39 is 82.5 Å². The summed E-state index contributed by atoms with van der Waals surface area (Å²) in [7, 11) is 1.10. The van der Waals surface area contributed by atoms with Crippen LogP contribution in [0.4, 0.5) is 5.69 Å². The molecule has 40 heavy (non-hydrogen) atoms. The fourth-order valence-electron chi connectivity index (χ4n) is 2.99. The Hall–Kier alpha value is -4.75. The number of methoxy groups -OCH3 is 1. The molecule has 0 aliphatic rings. The average Bonchev–Trinajstić information content (AvgIpc) is 2.91. The highest BCUT2D eigenvalue weighted by atomic mass is 32.2.